The van der Waals surface area contributed by atoms with E-state index in [-0.39, 0.29) is 16.4 Å². The number of anilines is 1. The molecular weight excluding hydrogens is 422 g/mol. The smallest absolute Gasteiger partial charge is 0.255 e. The van der Waals surface area contributed by atoms with Gasteiger partial charge in [-0.1, -0.05) is 22.0 Å². The van der Waals surface area contributed by atoms with Crippen molar-refractivity contribution in [3.63, 3.8) is 0 Å². The van der Waals surface area contributed by atoms with Crippen molar-refractivity contribution in [1.82, 2.24) is 0 Å². The highest BCUT2D eigenvalue weighted by molar-refractivity contribution is 9.11. The van der Waals surface area contributed by atoms with Crippen LogP contribution in [0.15, 0.2) is 56.3 Å². The van der Waals surface area contributed by atoms with E-state index < -0.39 is 9.84 Å². The van der Waals surface area contributed by atoms with E-state index >= 15 is 0 Å². The first-order chi connectivity index (χ1) is 9.77. The van der Waals surface area contributed by atoms with E-state index in [0.29, 0.717) is 5.69 Å². The maximum absolute atomic E-state index is 12.2. The van der Waals surface area contributed by atoms with Crippen LogP contribution in [0.3, 0.4) is 0 Å². The van der Waals surface area contributed by atoms with Gasteiger partial charge in [0, 0.05) is 20.8 Å². The maximum atomic E-state index is 12.2. The van der Waals surface area contributed by atoms with Gasteiger partial charge < -0.3 is 5.32 Å². The normalized spacial score (nSPS) is 11.2. The van der Waals surface area contributed by atoms with Gasteiger partial charge in [0.25, 0.3) is 5.91 Å². The van der Waals surface area contributed by atoms with Crippen LogP contribution >= 0.6 is 31.9 Å². The molecular formula is C14H11Br2NO3S. The van der Waals surface area contributed by atoms with E-state index in [2.05, 4.69) is 37.2 Å². The average Bonchev–Trinajstić information content (AvgIpc) is 2.41. The summed E-state index contributed by atoms with van der Waals surface area (Å²) in [6.07, 6.45) is 1.11. The largest absolute Gasteiger partial charge is 0.321 e. The summed E-state index contributed by atoms with van der Waals surface area (Å²) < 4.78 is 24.6. The summed E-state index contributed by atoms with van der Waals surface area (Å²) in [6, 6.07) is 11.3. The van der Waals surface area contributed by atoms with Gasteiger partial charge in [-0.15, -0.1) is 0 Å². The molecule has 0 saturated heterocycles. The Morgan fingerprint density at radius 3 is 2.43 bits per heavy atom. The van der Waals surface area contributed by atoms with Crippen LogP contribution in [0.1, 0.15) is 10.4 Å². The van der Waals surface area contributed by atoms with Crippen molar-refractivity contribution in [3.8, 4) is 0 Å². The molecule has 1 N–H and O–H groups in total. The number of hydrogen-bond acceptors (Lipinski definition) is 3. The predicted molar refractivity (Wildman–Crippen MR) is 89.3 cm³/mol. The lowest BCUT2D eigenvalue weighted by Crippen LogP contribution is -2.13. The van der Waals surface area contributed by atoms with E-state index in [9.17, 15) is 13.2 Å². The van der Waals surface area contributed by atoms with Crippen LogP contribution in [-0.4, -0.2) is 20.6 Å². The molecule has 0 aliphatic carbocycles. The summed E-state index contributed by atoms with van der Waals surface area (Å²) in [5.74, 6) is -0.372. The second kappa shape index (κ2) is 6.29. The van der Waals surface area contributed by atoms with Crippen LogP contribution in [0.25, 0.3) is 0 Å². The quantitative estimate of drug-likeness (QED) is 0.800. The van der Waals surface area contributed by atoms with E-state index in [4.69, 9.17) is 0 Å². The Kier molecular flexibility index (Phi) is 4.85. The van der Waals surface area contributed by atoms with E-state index in [0.717, 1.165) is 15.2 Å². The molecule has 0 saturated carbocycles. The number of hydrogen-bond donors (Lipinski definition) is 1. The molecule has 0 unspecified atom stereocenters. The molecule has 0 heterocycles. The first-order valence-electron chi connectivity index (χ1n) is 5.84. The van der Waals surface area contributed by atoms with Crippen molar-refractivity contribution in [2.24, 2.45) is 0 Å². The highest BCUT2D eigenvalue weighted by Gasteiger charge is 2.12. The highest BCUT2D eigenvalue weighted by Crippen LogP contribution is 2.26. The Morgan fingerprint density at radius 1 is 1.10 bits per heavy atom. The number of nitrogens with one attached hydrogen (secondary N) is 1. The molecule has 0 spiro atoms. The average molecular weight is 433 g/mol. The Bertz CT molecular complexity index is 804. The van der Waals surface area contributed by atoms with Gasteiger partial charge in [0.15, 0.2) is 9.84 Å². The minimum atomic E-state index is -3.34. The number of benzene rings is 2. The fourth-order valence-corrected chi connectivity index (χ4v) is 3.47. The molecule has 110 valence electrons. The second-order valence-electron chi connectivity index (χ2n) is 4.38. The fraction of sp³-hybridized carbons (Fsp3) is 0.0714. The molecule has 2 rings (SSSR count). The number of amides is 1. The lowest BCUT2D eigenvalue weighted by Gasteiger charge is -2.08. The van der Waals surface area contributed by atoms with Gasteiger partial charge >= 0.3 is 0 Å². The zero-order valence-corrected chi connectivity index (χ0v) is 14.9. The molecule has 0 atom stereocenters. The van der Waals surface area contributed by atoms with Crippen LogP contribution in [0.2, 0.25) is 0 Å². The summed E-state index contributed by atoms with van der Waals surface area (Å²) in [6.45, 7) is 0. The van der Waals surface area contributed by atoms with Crippen molar-refractivity contribution in [3.05, 3.63) is 57.0 Å². The third-order valence-electron chi connectivity index (χ3n) is 2.70. The molecule has 0 bridgehead atoms. The minimum absolute atomic E-state index is 0.116. The third-order valence-corrected chi connectivity index (χ3v) is 4.96. The van der Waals surface area contributed by atoms with E-state index in [1.54, 1.807) is 24.3 Å². The molecule has 4 nitrogen and oxygen atoms in total. The number of carbonyl (C=O) groups is 1. The Labute approximate surface area is 139 Å². The Balaban J connectivity index is 2.29. The first-order valence-corrected chi connectivity index (χ1v) is 9.31. The minimum Gasteiger partial charge on any atom is -0.321 e. The molecule has 0 aromatic heterocycles. The molecule has 1 amide bonds. The zero-order valence-electron chi connectivity index (χ0n) is 10.9. The monoisotopic (exact) mass is 431 g/mol. The topological polar surface area (TPSA) is 63.2 Å². The Morgan fingerprint density at radius 2 is 1.81 bits per heavy atom. The lowest BCUT2D eigenvalue weighted by atomic mass is 10.2. The van der Waals surface area contributed by atoms with Crippen molar-refractivity contribution in [2.75, 3.05) is 11.6 Å². The van der Waals surface area contributed by atoms with Crippen LogP contribution in [0.4, 0.5) is 5.69 Å². The van der Waals surface area contributed by atoms with Crippen molar-refractivity contribution >= 4 is 53.3 Å². The van der Waals surface area contributed by atoms with Crippen molar-refractivity contribution in [2.45, 2.75) is 4.90 Å². The van der Waals surface area contributed by atoms with Crippen LogP contribution in [0, 0.1) is 0 Å². The maximum Gasteiger partial charge on any atom is 0.255 e. The van der Waals surface area contributed by atoms with Gasteiger partial charge in [0.1, 0.15) is 0 Å². The molecule has 0 aliphatic rings. The number of rotatable bonds is 3. The van der Waals surface area contributed by atoms with Gasteiger partial charge in [-0.3, -0.25) is 4.79 Å². The molecule has 0 radical (unpaired) electrons. The van der Waals surface area contributed by atoms with Gasteiger partial charge in [0.2, 0.25) is 0 Å². The van der Waals surface area contributed by atoms with E-state index in [1.807, 2.05) is 6.07 Å². The van der Waals surface area contributed by atoms with Crippen LogP contribution in [-0.2, 0) is 9.84 Å². The fourth-order valence-electron chi connectivity index (χ4n) is 1.65. The van der Waals surface area contributed by atoms with E-state index in [1.165, 1.54) is 12.1 Å². The second-order valence-corrected chi connectivity index (χ2v) is 8.16. The number of sulfone groups is 1. The third kappa shape index (κ3) is 4.15. The van der Waals surface area contributed by atoms with Crippen LogP contribution in [0.5, 0.6) is 0 Å². The van der Waals surface area contributed by atoms with Crippen LogP contribution < -0.4 is 5.32 Å². The standard InChI is InChI=1S/C14H11Br2NO3S/c1-21(19,20)11-4-2-3-9(7-11)14(18)17-13-6-5-10(15)8-12(13)16/h2-8H,1H3,(H,17,18). The molecule has 21 heavy (non-hydrogen) atoms. The summed E-state index contributed by atoms with van der Waals surface area (Å²) in [4.78, 5) is 12.3. The Hall–Kier alpha value is -1.18. The van der Waals surface area contributed by atoms with Gasteiger partial charge in [-0.2, -0.15) is 0 Å². The number of carbonyl (C=O) groups excluding carboxylic acids is 1. The van der Waals surface area contributed by atoms with Crippen molar-refractivity contribution in [1.29, 1.82) is 0 Å². The van der Waals surface area contributed by atoms with Gasteiger partial charge in [-0.25, -0.2) is 8.42 Å². The number of halogens is 2. The lowest BCUT2D eigenvalue weighted by molar-refractivity contribution is 0.102. The highest BCUT2D eigenvalue weighted by atomic mass is 79.9. The predicted octanol–water partition coefficient (Wildman–Crippen LogP) is 3.87. The van der Waals surface area contributed by atoms with Gasteiger partial charge in [0.05, 0.1) is 10.6 Å². The molecule has 2 aromatic rings. The SMILES string of the molecule is CS(=O)(=O)c1cccc(C(=O)Nc2ccc(Br)cc2Br)c1. The summed E-state index contributed by atoms with van der Waals surface area (Å²) in [5, 5.41) is 2.73. The summed E-state index contributed by atoms with van der Waals surface area (Å²) >= 11 is 6.68. The van der Waals surface area contributed by atoms with Crippen molar-refractivity contribution < 1.29 is 13.2 Å². The zero-order chi connectivity index (χ0) is 15.6. The molecule has 0 fully saturated rings. The first kappa shape index (κ1) is 16.2. The summed E-state index contributed by atoms with van der Waals surface area (Å²) in [7, 11) is -3.34. The van der Waals surface area contributed by atoms with Gasteiger partial charge in [-0.05, 0) is 52.3 Å². The molecule has 2 aromatic carbocycles. The molecule has 7 heteroatoms. The summed E-state index contributed by atoms with van der Waals surface area (Å²) in [5.41, 5.74) is 0.890. The molecule has 0 aliphatic heterocycles.